The largest absolute Gasteiger partial charge is 0.370 e. The highest BCUT2D eigenvalue weighted by Gasteiger charge is 2.25. The summed E-state index contributed by atoms with van der Waals surface area (Å²) in [5.41, 5.74) is 2.33. The molecule has 1 aliphatic heterocycles. The Morgan fingerprint density at radius 1 is 1.48 bits per heavy atom. The Balaban J connectivity index is 1.63. The van der Waals surface area contributed by atoms with E-state index in [0.717, 1.165) is 31.2 Å². The fourth-order valence-electron chi connectivity index (χ4n) is 2.83. The monoisotopic (exact) mass is 316 g/mol. The molecule has 0 spiro atoms. The first-order valence-corrected chi connectivity index (χ1v) is 7.83. The highest BCUT2D eigenvalue weighted by Crippen LogP contribution is 2.21. The molecule has 124 valence electrons. The number of hydrogen-bond donors (Lipinski definition) is 1. The number of nitrogens with one attached hydrogen (secondary N) is 1. The molecule has 0 aliphatic carbocycles. The average molecular weight is 316 g/mol. The molecular formula is C16H24N6O. The molecule has 0 bridgehead atoms. The minimum absolute atomic E-state index is 0.0334. The zero-order chi connectivity index (χ0) is 16.2. The quantitative estimate of drug-likeness (QED) is 0.675. The zero-order valence-corrected chi connectivity index (χ0v) is 13.9. The van der Waals surface area contributed by atoms with Gasteiger partial charge in [-0.15, -0.1) is 0 Å². The Bertz CT molecular complexity index is 674. The fraction of sp³-hybridized carbons (Fsp3) is 0.500. The van der Waals surface area contributed by atoms with Gasteiger partial charge in [0.2, 0.25) is 0 Å². The molecule has 0 saturated carbocycles. The Kier molecular flexibility index (Phi) is 4.66. The second-order valence-corrected chi connectivity index (χ2v) is 5.76. The Hall–Kier alpha value is -2.28. The lowest BCUT2D eigenvalue weighted by molar-refractivity contribution is -0.00806. The number of nitrogens with zero attached hydrogens (tertiary/aromatic N) is 5. The summed E-state index contributed by atoms with van der Waals surface area (Å²) >= 11 is 0. The minimum Gasteiger partial charge on any atom is -0.370 e. The topological polar surface area (TPSA) is 59.6 Å². The molecule has 7 heteroatoms. The van der Waals surface area contributed by atoms with Crippen LogP contribution in [0.4, 0.5) is 0 Å². The lowest BCUT2D eigenvalue weighted by Crippen LogP contribution is -2.48. The summed E-state index contributed by atoms with van der Waals surface area (Å²) in [6.07, 6.45) is 5.96. The standard InChI is InChI=1S/C16H24N6O/c1-17-16(18-10-14-5-4-6-20(14)2)22-7-8-23-15(12-22)13-9-19-21(3)11-13/h4-6,9,11,15H,7-8,10,12H2,1-3H3,(H,17,18). The van der Waals surface area contributed by atoms with Gasteiger partial charge in [-0.25, -0.2) is 0 Å². The first-order valence-electron chi connectivity index (χ1n) is 7.83. The van der Waals surface area contributed by atoms with Crippen LogP contribution in [0.25, 0.3) is 0 Å². The van der Waals surface area contributed by atoms with Crippen LogP contribution in [0, 0.1) is 0 Å². The fourth-order valence-corrected chi connectivity index (χ4v) is 2.83. The number of aliphatic imine (C=N–C) groups is 1. The zero-order valence-electron chi connectivity index (χ0n) is 13.9. The summed E-state index contributed by atoms with van der Waals surface area (Å²) in [4.78, 5) is 6.66. The molecule has 1 aliphatic rings. The number of hydrogen-bond acceptors (Lipinski definition) is 3. The summed E-state index contributed by atoms with van der Waals surface area (Å²) in [6.45, 7) is 3.05. The molecule has 1 fully saturated rings. The van der Waals surface area contributed by atoms with Crippen LogP contribution in [0.3, 0.4) is 0 Å². The van der Waals surface area contributed by atoms with Crippen LogP contribution in [0.5, 0.6) is 0 Å². The van der Waals surface area contributed by atoms with E-state index in [0.29, 0.717) is 6.61 Å². The summed E-state index contributed by atoms with van der Waals surface area (Å²) in [6, 6.07) is 4.16. The van der Waals surface area contributed by atoms with Crippen LogP contribution >= 0.6 is 0 Å². The van der Waals surface area contributed by atoms with Crippen LogP contribution in [-0.2, 0) is 25.4 Å². The Labute approximate surface area is 136 Å². The van der Waals surface area contributed by atoms with Gasteiger partial charge in [0.1, 0.15) is 6.10 Å². The van der Waals surface area contributed by atoms with E-state index in [2.05, 4.69) is 30.9 Å². The third kappa shape index (κ3) is 3.56. The molecule has 23 heavy (non-hydrogen) atoms. The SMILES string of the molecule is CN=C(NCc1cccn1C)N1CCOC(c2cnn(C)c2)C1. The lowest BCUT2D eigenvalue weighted by Gasteiger charge is -2.34. The van der Waals surface area contributed by atoms with Gasteiger partial charge >= 0.3 is 0 Å². The summed E-state index contributed by atoms with van der Waals surface area (Å²) in [5.74, 6) is 0.906. The van der Waals surface area contributed by atoms with E-state index in [1.807, 2.05) is 45.8 Å². The maximum absolute atomic E-state index is 5.89. The van der Waals surface area contributed by atoms with Crippen molar-refractivity contribution in [1.29, 1.82) is 0 Å². The molecule has 1 saturated heterocycles. The van der Waals surface area contributed by atoms with Crippen LogP contribution in [-0.4, -0.2) is 52.0 Å². The highest BCUT2D eigenvalue weighted by atomic mass is 16.5. The number of rotatable bonds is 3. The highest BCUT2D eigenvalue weighted by molar-refractivity contribution is 5.80. The van der Waals surface area contributed by atoms with Gasteiger partial charge in [-0.3, -0.25) is 9.67 Å². The van der Waals surface area contributed by atoms with Crippen molar-refractivity contribution in [2.24, 2.45) is 19.1 Å². The molecular weight excluding hydrogens is 292 g/mol. The number of guanidine groups is 1. The molecule has 0 radical (unpaired) electrons. The molecule has 3 heterocycles. The molecule has 0 aromatic carbocycles. The summed E-state index contributed by atoms with van der Waals surface area (Å²) in [7, 11) is 5.79. The summed E-state index contributed by atoms with van der Waals surface area (Å²) in [5, 5.41) is 7.67. The lowest BCUT2D eigenvalue weighted by atomic mass is 10.1. The van der Waals surface area contributed by atoms with Gasteiger partial charge in [0.05, 0.1) is 25.9 Å². The van der Waals surface area contributed by atoms with Gasteiger partial charge in [0, 0.05) is 51.3 Å². The van der Waals surface area contributed by atoms with Crippen molar-refractivity contribution in [2.45, 2.75) is 12.6 Å². The van der Waals surface area contributed by atoms with E-state index >= 15 is 0 Å². The third-order valence-corrected chi connectivity index (χ3v) is 4.15. The van der Waals surface area contributed by atoms with Crippen LogP contribution in [0.15, 0.2) is 35.7 Å². The predicted octanol–water partition coefficient (Wildman–Crippen LogP) is 0.908. The van der Waals surface area contributed by atoms with Gasteiger partial charge < -0.3 is 19.5 Å². The van der Waals surface area contributed by atoms with E-state index in [9.17, 15) is 0 Å². The molecule has 3 rings (SSSR count). The number of aromatic nitrogens is 3. The smallest absolute Gasteiger partial charge is 0.194 e. The minimum atomic E-state index is 0.0334. The molecule has 1 atom stereocenters. The first kappa shape index (κ1) is 15.6. The normalized spacial score (nSPS) is 19.2. The van der Waals surface area contributed by atoms with E-state index < -0.39 is 0 Å². The van der Waals surface area contributed by atoms with Crippen molar-refractivity contribution >= 4 is 5.96 Å². The summed E-state index contributed by atoms with van der Waals surface area (Å²) < 4.78 is 9.80. The number of ether oxygens (including phenoxy) is 1. The molecule has 7 nitrogen and oxygen atoms in total. The van der Waals surface area contributed by atoms with Crippen molar-refractivity contribution in [1.82, 2.24) is 24.6 Å². The molecule has 2 aromatic rings. The van der Waals surface area contributed by atoms with Crippen LogP contribution < -0.4 is 5.32 Å². The van der Waals surface area contributed by atoms with Gasteiger partial charge in [0.15, 0.2) is 5.96 Å². The van der Waals surface area contributed by atoms with Crippen molar-refractivity contribution in [3.8, 4) is 0 Å². The Morgan fingerprint density at radius 3 is 3.00 bits per heavy atom. The van der Waals surface area contributed by atoms with Gasteiger partial charge in [-0.1, -0.05) is 0 Å². The molecule has 2 aromatic heterocycles. The molecule has 0 amide bonds. The van der Waals surface area contributed by atoms with Crippen molar-refractivity contribution in [3.63, 3.8) is 0 Å². The van der Waals surface area contributed by atoms with E-state index in [1.165, 1.54) is 5.69 Å². The second-order valence-electron chi connectivity index (χ2n) is 5.76. The van der Waals surface area contributed by atoms with E-state index in [4.69, 9.17) is 4.74 Å². The van der Waals surface area contributed by atoms with Gasteiger partial charge in [-0.05, 0) is 12.1 Å². The van der Waals surface area contributed by atoms with Crippen LogP contribution in [0.1, 0.15) is 17.4 Å². The first-order chi connectivity index (χ1) is 11.2. The maximum atomic E-state index is 5.89. The van der Waals surface area contributed by atoms with Gasteiger partial charge in [0.25, 0.3) is 0 Å². The average Bonchev–Trinajstić information content (AvgIpc) is 3.17. The van der Waals surface area contributed by atoms with Gasteiger partial charge in [-0.2, -0.15) is 5.10 Å². The second kappa shape index (κ2) is 6.87. The van der Waals surface area contributed by atoms with Crippen molar-refractivity contribution < 1.29 is 4.74 Å². The molecule has 1 N–H and O–H groups in total. The van der Waals surface area contributed by atoms with E-state index in [1.54, 1.807) is 4.68 Å². The maximum Gasteiger partial charge on any atom is 0.194 e. The predicted molar refractivity (Wildman–Crippen MR) is 89.1 cm³/mol. The van der Waals surface area contributed by atoms with Crippen molar-refractivity contribution in [2.75, 3.05) is 26.7 Å². The number of morpholine rings is 1. The Morgan fingerprint density at radius 2 is 2.35 bits per heavy atom. The number of aryl methyl sites for hydroxylation is 2. The molecule has 1 unspecified atom stereocenters. The third-order valence-electron chi connectivity index (χ3n) is 4.15. The van der Waals surface area contributed by atoms with Crippen molar-refractivity contribution in [3.05, 3.63) is 42.0 Å². The van der Waals surface area contributed by atoms with E-state index in [-0.39, 0.29) is 6.10 Å². The van der Waals surface area contributed by atoms with Crippen LogP contribution in [0.2, 0.25) is 0 Å².